The Hall–Kier alpha value is -3.26. The van der Waals surface area contributed by atoms with Crippen LogP contribution in [0.25, 0.3) is 10.9 Å². The van der Waals surface area contributed by atoms with Gasteiger partial charge in [0.2, 0.25) is 0 Å². The molecule has 170 valence electrons. The molecule has 1 atom stereocenters. The number of nitrogens with one attached hydrogen (secondary N) is 1. The van der Waals surface area contributed by atoms with E-state index in [0.717, 1.165) is 38.6 Å². The number of aromatic nitrogens is 2. The second-order valence-corrected chi connectivity index (χ2v) is 8.96. The Labute approximate surface area is 192 Å². The highest BCUT2D eigenvalue weighted by Crippen LogP contribution is 2.44. The highest BCUT2D eigenvalue weighted by atomic mass is 32.2. The Balaban J connectivity index is 1.75. The van der Waals surface area contributed by atoms with Crippen LogP contribution in [-0.2, 0) is 17.4 Å². The SMILES string of the molecule is Cc1cc(SC(c2cccc(C(F)(F)F)c2)c2cccc3cn[nH]c23)ccc1CCC(=O)O. The van der Waals surface area contributed by atoms with Gasteiger partial charge in [0.25, 0.3) is 0 Å². The Morgan fingerprint density at radius 1 is 1.12 bits per heavy atom. The maximum Gasteiger partial charge on any atom is 0.416 e. The third-order valence-corrected chi connectivity index (χ3v) is 6.77. The lowest BCUT2D eigenvalue weighted by Gasteiger charge is -2.20. The largest absolute Gasteiger partial charge is 0.481 e. The van der Waals surface area contributed by atoms with Crippen LogP contribution in [0.2, 0.25) is 0 Å². The number of aliphatic carboxylic acids is 1. The Morgan fingerprint density at radius 2 is 1.91 bits per heavy atom. The highest BCUT2D eigenvalue weighted by Gasteiger charge is 2.31. The van der Waals surface area contributed by atoms with Gasteiger partial charge in [-0.3, -0.25) is 9.89 Å². The predicted octanol–water partition coefficient (Wildman–Crippen LogP) is 6.79. The van der Waals surface area contributed by atoms with E-state index in [4.69, 9.17) is 5.11 Å². The Morgan fingerprint density at radius 3 is 2.64 bits per heavy atom. The number of alkyl halides is 3. The maximum atomic E-state index is 13.4. The molecule has 33 heavy (non-hydrogen) atoms. The molecule has 0 radical (unpaired) electrons. The van der Waals surface area contributed by atoms with E-state index in [1.807, 2.05) is 43.3 Å². The third-order valence-electron chi connectivity index (χ3n) is 5.48. The van der Waals surface area contributed by atoms with Crippen molar-refractivity contribution in [3.63, 3.8) is 0 Å². The lowest BCUT2D eigenvalue weighted by atomic mass is 10.0. The molecule has 0 fully saturated rings. The first kappa shape index (κ1) is 22.9. The van der Waals surface area contributed by atoms with E-state index in [0.29, 0.717) is 12.0 Å². The molecule has 0 amide bonds. The number of carboxylic acids is 1. The fourth-order valence-corrected chi connectivity index (χ4v) is 5.07. The van der Waals surface area contributed by atoms with Crippen LogP contribution in [0.4, 0.5) is 13.2 Å². The molecule has 4 nitrogen and oxygen atoms in total. The van der Waals surface area contributed by atoms with Gasteiger partial charge in [0.15, 0.2) is 0 Å². The number of halogens is 3. The zero-order chi connectivity index (χ0) is 23.6. The highest BCUT2D eigenvalue weighted by molar-refractivity contribution is 7.99. The number of nitrogens with zero attached hydrogens (tertiary/aromatic N) is 1. The van der Waals surface area contributed by atoms with Crippen LogP contribution >= 0.6 is 11.8 Å². The first-order valence-electron chi connectivity index (χ1n) is 10.3. The number of benzene rings is 3. The molecule has 0 aliphatic heterocycles. The van der Waals surface area contributed by atoms with Crippen LogP contribution in [-0.4, -0.2) is 21.3 Å². The number of carboxylic acid groups (broad SMARTS) is 1. The fraction of sp³-hybridized carbons (Fsp3) is 0.200. The smallest absolute Gasteiger partial charge is 0.416 e. The first-order valence-corrected chi connectivity index (χ1v) is 11.2. The second kappa shape index (κ2) is 9.31. The quantitative estimate of drug-likeness (QED) is 0.292. The predicted molar refractivity (Wildman–Crippen MR) is 122 cm³/mol. The number of H-pyrrole nitrogens is 1. The van der Waals surface area contributed by atoms with Gasteiger partial charge in [0, 0.05) is 16.7 Å². The van der Waals surface area contributed by atoms with Crippen LogP contribution in [0.5, 0.6) is 0 Å². The van der Waals surface area contributed by atoms with Gasteiger partial charge in [-0.15, -0.1) is 11.8 Å². The average Bonchev–Trinajstić information content (AvgIpc) is 3.25. The molecule has 0 aliphatic rings. The molecule has 0 saturated heterocycles. The number of hydrogen-bond donors (Lipinski definition) is 2. The summed E-state index contributed by atoms with van der Waals surface area (Å²) in [5.74, 6) is -0.856. The lowest BCUT2D eigenvalue weighted by molar-refractivity contribution is -0.138. The summed E-state index contributed by atoms with van der Waals surface area (Å²) in [6.45, 7) is 1.91. The number of aryl methyl sites for hydroxylation is 2. The Bertz CT molecular complexity index is 1300. The van der Waals surface area contributed by atoms with Crippen molar-refractivity contribution in [2.45, 2.75) is 36.1 Å². The number of fused-ring (bicyclic) bond motifs is 1. The van der Waals surface area contributed by atoms with Crippen molar-refractivity contribution >= 4 is 28.6 Å². The van der Waals surface area contributed by atoms with Crippen LogP contribution in [0.15, 0.2) is 71.8 Å². The number of hydrogen-bond acceptors (Lipinski definition) is 3. The van der Waals surface area contributed by atoms with Crippen molar-refractivity contribution in [2.75, 3.05) is 0 Å². The molecule has 4 aromatic rings. The molecule has 1 aromatic heterocycles. The molecule has 1 unspecified atom stereocenters. The van der Waals surface area contributed by atoms with Crippen molar-refractivity contribution in [1.82, 2.24) is 10.2 Å². The van der Waals surface area contributed by atoms with Crippen molar-refractivity contribution in [2.24, 2.45) is 0 Å². The van der Waals surface area contributed by atoms with E-state index in [-0.39, 0.29) is 6.42 Å². The molecule has 0 spiro atoms. The van der Waals surface area contributed by atoms with Crippen LogP contribution in [0.3, 0.4) is 0 Å². The number of thioether (sulfide) groups is 1. The Kier molecular flexibility index (Phi) is 6.47. The van der Waals surface area contributed by atoms with E-state index >= 15 is 0 Å². The van der Waals surface area contributed by atoms with E-state index in [1.165, 1.54) is 23.9 Å². The van der Waals surface area contributed by atoms with Gasteiger partial charge >= 0.3 is 12.1 Å². The first-order chi connectivity index (χ1) is 15.7. The number of aromatic amines is 1. The number of carbonyl (C=O) groups is 1. The van der Waals surface area contributed by atoms with Gasteiger partial charge in [-0.05, 0) is 53.8 Å². The standard InChI is InChI=1S/C25H21F3N2O2S/c1-15-12-20(10-8-16(15)9-11-22(31)32)33-24(17-4-2-6-19(13-17)25(26,27)28)21-7-3-5-18-14-29-30-23(18)21/h2-8,10,12-14,24H,9,11H2,1H3,(H,29,30)(H,31,32). The molecular formula is C25H21F3N2O2S. The summed E-state index contributed by atoms with van der Waals surface area (Å²) in [6.07, 6.45) is -2.28. The van der Waals surface area contributed by atoms with Crippen molar-refractivity contribution in [3.8, 4) is 0 Å². The van der Waals surface area contributed by atoms with Gasteiger partial charge < -0.3 is 5.11 Å². The lowest BCUT2D eigenvalue weighted by Crippen LogP contribution is -2.07. The zero-order valence-corrected chi connectivity index (χ0v) is 18.5. The minimum Gasteiger partial charge on any atom is -0.481 e. The molecule has 2 N–H and O–H groups in total. The molecule has 0 aliphatic carbocycles. The van der Waals surface area contributed by atoms with E-state index in [2.05, 4.69) is 10.2 Å². The minimum atomic E-state index is -4.44. The summed E-state index contributed by atoms with van der Waals surface area (Å²) in [5, 5.41) is 16.5. The summed E-state index contributed by atoms with van der Waals surface area (Å²) < 4.78 is 40.3. The van der Waals surface area contributed by atoms with Crippen LogP contribution in [0, 0.1) is 6.92 Å². The second-order valence-electron chi connectivity index (χ2n) is 7.78. The number of rotatable bonds is 7. The van der Waals surface area contributed by atoms with Crippen LogP contribution < -0.4 is 0 Å². The summed E-state index contributed by atoms with van der Waals surface area (Å²) in [5.41, 5.74) is 3.34. The third kappa shape index (κ3) is 5.22. The zero-order valence-electron chi connectivity index (χ0n) is 17.7. The van der Waals surface area contributed by atoms with Crippen molar-refractivity contribution < 1.29 is 23.1 Å². The maximum absolute atomic E-state index is 13.4. The van der Waals surface area contributed by atoms with Crippen molar-refractivity contribution in [3.05, 3.63) is 94.7 Å². The van der Waals surface area contributed by atoms with Gasteiger partial charge in [0.05, 0.1) is 22.5 Å². The molecule has 0 saturated carbocycles. The van der Waals surface area contributed by atoms with Gasteiger partial charge in [-0.1, -0.05) is 42.5 Å². The van der Waals surface area contributed by atoms with E-state index < -0.39 is 23.0 Å². The van der Waals surface area contributed by atoms with Gasteiger partial charge in [-0.2, -0.15) is 18.3 Å². The monoisotopic (exact) mass is 470 g/mol. The molecule has 3 aromatic carbocycles. The molecule has 0 bridgehead atoms. The minimum absolute atomic E-state index is 0.0437. The molecule has 8 heteroatoms. The van der Waals surface area contributed by atoms with E-state index in [9.17, 15) is 18.0 Å². The number of para-hydroxylation sites is 1. The summed E-state index contributed by atoms with van der Waals surface area (Å²) in [7, 11) is 0. The van der Waals surface area contributed by atoms with Gasteiger partial charge in [-0.25, -0.2) is 0 Å². The summed E-state index contributed by atoms with van der Waals surface area (Å²) in [6, 6.07) is 16.8. The van der Waals surface area contributed by atoms with E-state index in [1.54, 1.807) is 12.3 Å². The van der Waals surface area contributed by atoms with Gasteiger partial charge in [0.1, 0.15) is 0 Å². The van der Waals surface area contributed by atoms with Crippen LogP contribution in [0.1, 0.15) is 39.5 Å². The normalized spacial score (nSPS) is 12.7. The fourth-order valence-electron chi connectivity index (χ4n) is 3.80. The summed E-state index contributed by atoms with van der Waals surface area (Å²) >= 11 is 1.45. The average molecular weight is 471 g/mol. The molecule has 1 heterocycles. The van der Waals surface area contributed by atoms with Crippen molar-refractivity contribution in [1.29, 1.82) is 0 Å². The summed E-state index contributed by atoms with van der Waals surface area (Å²) in [4.78, 5) is 11.8. The molecule has 4 rings (SSSR count). The molecular weight excluding hydrogens is 449 g/mol. The topological polar surface area (TPSA) is 66.0 Å².